The number of aryl methyl sites for hydroxylation is 2. The van der Waals surface area contributed by atoms with E-state index in [0.717, 1.165) is 40.8 Å². The van der Waals surface area contributed by atoms with E-state index in [1.807, 2.05) is 31.5 Å². The van der Waals surface area contributed by atoms with Gasteiger partial charge in [-0.15, -0.1) is 0 Å². The number of fused-ring (bicyclic) bond motifs is 3. The Morgan fingerprint density at radius 2 is 2.29 bits per heavy atom. The molecular weight excluding hydrogens is 280 g/mol. The molecule has 3 heterocycles. The lowest BCUT2D eigenvalue weighted by atomic mass is 10.1. The van der Waals surface area contributed by atoms with Crippen LogP contribution in [0.1, 0.15) is 25.1 Å². The van der Waals surface area contributed by atoms with E-state index in [-0.39, 0.29) is 0 Å². The van der Waals surface area contributed by atoms with Crippen LogP contribution in [-0.4, -0.2) is 26.0 Å². The SMILES string of the molecule is CC=CC=C(C)c1cc2n(n1)CCc1cnc(SC)nc1-2. The molecule has 0 saturated heterocycles. The van der Waals surface area contributed by atoms with Gasteiger partial charge in [-0.3, -0.25) is 4.68 Å². The van der Waals surface area contributed by atoms with Gasteiger partial charge in [-0.25, -0.2) is 9.97 Å². The van der Waals surface area contributed by atoms with Crippen LogP contribution in [0.5, 0.6) is 0 Å². The van der Waals surface area contributed by atoms with E-state index >= 15 is 0 Å². The first-order valence-electron chi connectivity index (χ1n) is 7.01. The summed E-state index contributed by atoms with van der Waals surface area (Å²) < 4.78 is 2.06. The number of aromatic nitrogens is 4. The monoisotopic (exact) mass is 298 g/mol. The minimum Gasteiger partial charge on any atom is -0.262 e. The van der Waals surface area contributed by atoms with Crippen LogP contribution in [0.3, 0.4) is 0 Å². The Labute approximate surface area is 129 Å². The van der Waals surface area contributed by atoms with Crippen LogP contribution < -0.4 is 0 Å². The molecule has 0 N–H and O–H groups in total. The van der Waals surface area contributed by atoms with Crippen molar-refractivity contribution in [2.75, 3.05) is 6.26 Å². The summed E-state index contributed by atoms with van der Waals surface area (Å²) in [4.78, 5) is 9.03. The molecule has 0 radical (unpaired) electrons. The van der Waals surface area contributed by atoms with Crippen LogP contribution in [-0.2, 0) is 13.0 Å². The molecule has 3 rings (SSSR count). The van der Waals surface area contributed by atoms with Gasteiger partial charge < -0.3 is 0 Å². The average molecular weight is 298 g/mol. The quantitative estimate of drug-likeness (QED) is 0.493. The number of nitrogens with zero attached hydrogens (tertiary/aromatic N) is 4. The van der Waals surface area contributed by atoms with Crippen LogP contribution in [0.4, 0.5) is 0 Å². The molecule has 108 valence electrons. The number of hydrogen-bond acceptors (Lipinski definition) is 4. The second kappa shape index (κ2) is 5.85. The molecule has 21 heavy (non-hydrogen) atoms. The standard InChI is InChI=1S/C16H18N4S/c1-4-5-6-11(2)13-9-14-15-12(7-8-20(14)19-13)10-17-16(18-15)21-3/h4-6,9-10H,7-8H2,1-3H3. The van der Waals surface area contributed by atoms with Crippen molar-refractivity contribution in [2.45, 2.75) is 32.0 Å². The second-order valence-corrected chi connectivity index (χ2v) is 5.77. The van der Waals surface area contributed by atoms with Crippen molar-refractivity contribution in [1.82, 2.24) is 19.7 Å². The Morgan fingerprint density at radius 1 is 1.43 bits per heavy atom. The Morgan fingerprint density at radius 3 is 3.05 bits per heavy atom. The summed E-state index contributed by atoms with van der Waals surface area (Å²) in [7, 11) is 0. The molecule has 4 nitrogen and oxygen atoms in total. The van der Waals surface area contributed by atoms with E-state index in [1.165, 1.54) is 5.56 Å². The molecule has 0 amide bonds. The Hall–Kier alpha value is -1.88. The lowest BCUT2D eigenvalue weighted by molar-refractivity contribution is 0.597. The van der Waals surface area contributed by atoms with Gasteiger partial charge >= 0.3 is 0 Å². The van der Waals surface area contributed by atoms with Crippen molar-refractivity contribution in [3.63, 3.8) is 0 Å². The normalized spacial score (nSPS) is 14.3. The molecule has 0 spiro atoms. The molecular formula is C16H18N4S. The fourth-order valence-electron chi connectivity index (χ4n) is 2.42. The van der Waals surface area contributed by atoms with Crippen molar-refractivity contribution in [2.24, 2.45) is 0 Å². The van der Waals surface area contributed by atoms with Gasteiger partial charge in [-0.2, -0.15) is 5.10 Å². The molecule has 1 aliphatic heterocycles. The van der Waals surface area contributed by atoms with Gasteiger partial charge in [0, 0.05) is 18.3 Å². The number of thioether (sulfide) groups is 1. The largest absolute Gasteiger partial charge is 0.262 e. The fraction of sp³-hybridized carbons (Fsp3) is 0.312. The molecule has 0 atom stereocenters. The van der Waals surface area contributed by atoms with E-state index in [9.17, 15) is 0 Å². The summed E-state index contributed by atoms with van der Waals surface area (Å²) in [5.74, 6) is 0. The van der Waals surface area contributed by atoms with Crippen molar-refractivity contribution < 1.29 is 0 Å². The number of rotatable bonds is 3. The van der Waals surface area contributed by atoms with E-state index in [1.54, 1.807) is 11.8 Å². The van der Waals surface area contributed by atoms with Gasteiger partial charge in [0.05, 0.1) is 17.1 Å². The molecule has 0 bridgehead atoms. The Bertz CT molecular complexity index is 728. The molecule has 0 fully saturated rings. The van der Waals surface area contributed by atoms with Gasteiger partial charge in [0.2, 0.25) is 0 Å². The van der Waals surface area contributed by atoms with Crippen LogP contribution >= 0.6 is 11.8 Å². The second-order valence-electron chi connectivity index (χ2n) is 4.99. The van der Waals surface area contributed by atoms with Crippen LogP contribution in [0.25, 0.3) is 17.0 Å². The smallest absolute Gasteiger partial charge is 0.187 e. The molecule has 2 aromatic rings. The summed E-state index contributed by atoms with van der Waals surface area (Å²) in [6, 6.07) is 2.13. The van der Waals surface area contributed by atoms with Gasteiger partial charge in [0.25, 0.3) is 0 Å². The van der Waals surface area contributed by atoms with Gasteiger partial charge in [-0.1, -0.05) is 30.0 Å². The van der Waals surface area contributed by atoms with Crippen LogP contribution in [0.15, 0.2) is 35.6 Å². The van der Waals surface area contributed by atoms with Gasteiger partial charge in [0.1, 0.15) is 0 Å². The van der Waals surface area contributed by atoms with Crippen molar-refractivity contribution >= 4 is 17.3 Å². The lowest BCUT2D eigenvalue weighted by Gasteiger charge is -2.16. The molecule has 1 aliphatic rings. The van der Waals surface area contributed by atoms with Crippen molar-refractivity contribution in [1.29, 1.82) is 0 Å². The predicted molar refractivity (Wildman–Crippen MR) is 87.2 cm³/mol. The summed E-state index contributed by atoms with van der Waals surface area (Å²) >= 11 is 1.57. The highest BCUT2D eigenvalue weighted by atomic mass is 32.2. The maximum atomic E-state index is 4.71. The minimum absolute atomic E-state index is 0.811. The first-order chi connectivity index (χ1) is 10.2. The maximum Gasteiger partial charge on any atom is 0.187 e. The van der Waals surface area contributed by atoms with Crippen molar-refractivity contribution in [3.05, 3.63) is 41.7 Å². The number of hydrogen-bond donors (Lipinski definition) is 0. The highest BCUT2D eigenvalue weighted by Crippen LogP contribution is 2.30. The molecule has 2 aromatic heterocycles. The Balaban J connectivity index is 2.06. The van der Waals surface area contributed by atoms with Crippen molar-refractivity contribution in [3.8, 4) is 11.4 Å². The minimum atomic E-state index is 0.811. The average Bonchev–Trinajstić information content (AvgIpc) is 2.96. The van der Waals surface area contributed by atoms with E-state index in [0.29, 0.717) is 0 Å². The zero-order valence-corrected chi connectivity index (χ0v) is 13.3. The topological polar surface area (TPSA) is 43.6 Å². The zero-order valence-electron chi connectivity index (χ0n) is 12.5. The predicted octanol–water partition coefficient (Wildman–Crippen LogP) is 3.60. The summed E-state index contributed by atoms with van der Waals surface area (Å²) in [5.41, 5.74) is 5.51. The number of allylic oxidation sites excluding steroid dienone is 4. The summed E-state index contributed by atoms with van der Waals surface area (Å²) in [6.07, 6.45) is 11.0. The third-order valence-electron chi connectivity index (χ3n) is 3.58. The molecule has 0 aromatic carbocycles. The zero-order chi connectivity index (χ0) is 14.8. The maximum absolute atomic E-state index is 4.71. The van der Waals surface area contributed by atoms with E-state index in [2.05, 4.69) is 33.7 Å². The molecule has 5 heteroatoms. The summed E-state index contributed by atoms with van der Waals surface area (Å²) in [5, 5.41) is 5.52. The molecule has 0 unspecified atom stereocenters. The third kappa shape index (κ3) is 2.65. The molecule has 0 aliphatic carbocycles. The highest BCUT2D eigenvalue weighted by Gasteiger charge is 2.21. The Kier molecular flexibility index (Phi) is 3.92. The fourth-order valence-corrected chi connectivity index (χ4v) is 2.76. The van der Waals surface area contributed by atoms with E-state index < -0.39 is 0 Å². The summed E-state index contributed by atoms with van der Waals surface area (Å²) in [6.45, 7) is 4.99. The van der Waals surface area contributed by atoms with Gasteiger partial charge in [0.15, 0.2) is 5.16 Å². The first kappa shape index (κ1) is 14.1. The van der Waals surface area contributed by atoms with Crippen LogP contribution in [0.2, 0.25) is 0 Å². The third-order valence-corrected chi connectivity index (χ3v) is 4.15. The lowest BCUT2D eigenvalue weighted by Crippen LogP contribution is -2.13. The van der Waals surface area contributed by atoms with Crippen LogP contribution in [0, 0.1) is 0 Å². The first-order valence-corrected chi connectivity index (χ1v) is 8.23. The van der Waals surface area contributed by atoms with Gasteiger partial charge in [-0.05, 0) is 38.2 Å². The molecule has 0 saturated carbocycles. The highest BCUT2D eigenvalue weighted by molar-refractivity contribution is 7.98. The van der Waals surface area contributed by atoms with E-state index in [4.69, 9.17) is 5.10 Å².